The summed E-state index contributed by atoms with van der Waals surface area (Å²) in [6, 6.07) is 7.98. The summed E-state index contributed by atoms with van der Waals surface area (Å²) in [5.41, 5.74) is 6.53. The Morgan fingerprint density at radius 2 is 1.76 bits per heavy atom. The molecule has 116 valence electrons. The Bertz CT molecular complexity index is 467. The molecule has 1 saturated heterocycles. The van der Waals surface area contributed by atoms with Gasteiger partial charge in [0.25, 0.3) is 0 Å². The van der Waals surface area contributed by atoms with E-state index in [2.05, 4.69) is 23.6 Å². The standard InChI is InChI=1S/C16H24ClN3O/c1-12(2)20-9-7-19(8-10-20)11-15(16(18)21)13-3-5-14(17)6-4-13/h3-6,12,15H,7-11H2,1-2H3,(H2,18,21)/t15-/m0/s1. The molecule has 4 nitrogen and oxygen atoms in total. The van der Waals surface area contributed by atoms with E-state index in [9.17, 15) is 4.79 Å². The molecule has 2 rings (SSSR count). The third-order valence-corrected chi connectivity index (χ3v) is 4.45. The van der Waals surface area contributed by atoms with Crippen LogP contribution >= 0.6 is 11.6 Å². The van der Waals surface area contributed by atoms with Crippen LogP contribution in [-0.4, -0.2) is 54.5 Å². The molecule has 0 aromatic heterocycles. The highest BCUT2D eigenvalue weighted by Crippen LogP contribution is 2.20. The van der Waals surface area contributed by atoms with E-state index in [4.69, 9.17) is 17.3 Å². The maximum atomic E-state index is 11.8. The number of carbonyl (C=O) groups is 1. The van der Waals surface area contributed by atoms with E-state index in [-0.39, 0.29) is 11.8 Å². The highest BCUT2D eigenvalue weighted by atomic mass is 35.5. The van der Waals surface area contributed by atoms with Crippen molar-refractivity contribution in [1.29, 1.82) is 0 Å². The van der Waals surface area contributed by atoms with Gasteiger partial charge in [-0.15, -0.1) is 0 Å². The van der Waals surface area contributed by atoms with Gasteiger partial charge < -0.3 is 5.73 Å². The third-order valence-electron chi connectivity index (χ3n) is 4.19. The predicted molar refractivity (Wildman–Crippen MR) is 86.5 cm³/mol. The van der Waals surface area contributed by atoms with E-state index >= 15 is 0 Å². The Balaban J connectivity index is 1.98. The van der Waals surface area contributed by atoms with Gasteiger partial charge in [0.2, 0.25) is 5.91 Å². The molecule has 1 heterocycles. The number of carbonyl (C=O) groups excluding carboxylic acids is 1. The van der Waals surface area contributed by atoms with Crippen molar-refractivity contribution in [2.24, 2.45) is 5.73 Å². The van der Waals surface area contributed by atoms with Crippen molar-refractivity contribution in [2.45, 2.75) is 25.8 Å². The zero-order valence-corrected chi connectivity index (χ0v) is 13.5. The summed E-state index contributed by atoms with van der Waals surface area (Å²) in [6.07, 6.45) is 0. The Morgan fingerprint density at radius 3 is 2.24 bits per heavy atom. The fourth-order valence-electron chi connectivity index (χ4n) is 2.78. The van der Waals surface area contributed by atoms with E-state index in [1.165, 1.54) is 0 Å². The van der Waals surface area contributed by atoms with Gasteiger partial charge in [0, 0.05) is 43.8 Å². The molecular formula is C16H24ClN3O. The molecule has 5 heteroatoms. The van der Waals surface area contributed by atoms with Crippen LogP contribution in [0.4, 0.5) is 0 Å². The van der Waals surface area contributed by atoms with E-state index < -0.39 is 0 Å². The van der Waals surface area contributed by atoms with E-state index in [0.717, 1.165) is 31.7 Å². The average Bonchev–Trinajstić information content (AvgIpc) is 2.46. The summed E-state index contributed by atoms with van der Waals surface area (Å²) in [5.74, 6) is -0.545. The van der Waals surface area contributed by atoms with Crippen LogP contribution in [0.25, 0.3) is 0 Å². The highest BCUT2D eigenvalue weighted by molar-refractivity contribution is 6.30. The van der Waals surface area contributed by atoms with Gasteiger partial charge in [-0.2, -0.15) is 0 Å². The second-order valence-electron chi connectivity index (χ2n) is 5.94. The molecule has 2 N–H and O–H groups in total. The third kappa shape index (κ3) is 4.43. The minimum absolute atomic E-state index is 0.270. The number of nitrogens with two attached hydrogens (primary N) is 1. The second-order valence-corrected chi connectivity index (χ2v) is 6.37. The summed E-state index contributed by atoms with van der Waals surface area (Å²) in [6.45, 7) is 9.17. The predicted octanol–water partition coefficient (Wildman–Crippen LogP) is 1.93. The molecule has 1 aromatic carbocycles. The molecule has 0 aliphatic carbocycles. The van der Waals surface area contributed by atoms with Gasteiger partial charge in [0.1, 0.15) is 0 Å². The van der Waals surface area contributed by atoms with Gasteiger partial charge in [-0.3, -0.25) is 14.6 Å². The quantitative estimate of drug-likeness (QED) is 0.904. The van der Waals surface area contributed by atoms with Crippen LogP contribution in [0.1, 0.15) is 25.3 Å². The Morgan fingerprint density at radius 1 is 1.19 bits per heavy atom. The topological polar surface area (TPSA) is 49.6 Å². The molecule has 0 unspecified atom stereocenters. The van der Waals surface area contributed by atoms with Gasteiger partial charge in [-0.25, -0.2) is 0 Å². The Hall–Kier alpha value is -1.10. The van der Waals surface area contributed by atoms with E-state index in [1.54, 1.807) is 0 Å². The summed E-state index contributed by atoms with van der Waals surface area (Å²) in [4.78, 5) is 16.6. The molecule has 21 heavy (non-hydrogen) atoms. The number of hydrogen-bond acceptors (Lipinski definition) is 3. The lowest BCUT2D eigenvalue weighted by Gasteiger charge is -2.38. The van der Waals surface area contributed by atoms with Crippen LogP contribution in [0.5, 0.6) is 0 Å². The minimum Gasteiger partial charge on any atom is -0.369 e. The first-order valence-corrected chi connectivity index (χ1v) is 7.86. The molecule has 0 radical (unpaired) electrons. The molecule has 1 aliphatic heterocycles. The molecule has 1 fully saturated rings. The molecule has 1 aromatic rings. The Labute approximate surface area is 131 Å². The van der Waals surface area contributed by atoms with Crippen molar-refractivity contribution in [3.05, 3.63) is 34.9 Å². The van der Waals surface area contributed by atoms with Gasteiger partial charge in [-0.1, -0.05) is 23.7 Å². The lowest BCUT2D eigenvalue weighted by atomic mass is 9.97. The summed E-state index contributed by atoms with van der Waals surface area (Å²) < 4.78 is 0. The number of nitrogens with zero attached hydrogens (tertiary/aromatic N) is 2. The van der Waals surface area contributed by atoms with Crippen molar-refractivity contribution < 1.29 is 4.79 Å². The maximum Gasteiger partial charge on any atom is 0.226 e. The number of rotatable bonds is 5. The van der Waals surface area contributed by atoms with Crippen LogP contribution in [0, 0.1) is 0 Å². The maximum absolute atomic E-state index is 11.8. The summed E-state index contributed by atoms with van der Waals surface area (Å²) in [5, 5.41) is 0.674. The fraction of sp³-hybridized carbons (Fsp3) is 0.562. The van der Waals surface area contributed by atoms with Crippen molar-refractivity contribution in [3.8, 4) is 0 Å². The highest BCUT2D eigenvalue weighted by Gasteiger charge is 2.25. The second kappa shape index (κ2) is 7.25. The number of amides is 1. The van der Waals surface area contributed by atoms with Crippen LogP contribution in [0.3, 0.4) is 0 Å². The number of benzene rings is 1. The normalized spacial score (nSPS) is 18.9. The SMILES string of the molecule is CC(C)N1CCN(C[C@H](C(N)=O)c2ccc(Cl)cc2)CC1. The van der Waals surface area contributed by atoms with Crippen LogP contribution < -0.4 is 5.73 Å². The Kier molecular flexibility index (Phi) is 5.62. The van der Waals surface area contributed by atoms with Crippen LogP contribution in [-0.2, 0) is 4.79 Å². The van der Waals surface area contributed by atoms with Gasteiger partial charge in [-0.05, 0) is 31.5 Å². The molecule has 1 amide bonds. The van der Waals surface area contributed by atoms with Crippen molar-refractivity contribution in [3.63, 3.8) is 0 Å². The van der Waals surface area contributed by atoms with Crippen LogP contribution in [0.15, 0.2) is 24.3 Å². The minimum atomic E-state index is -0.274. The number of halogens is 1. The molecule has 0 spiro atoms. The summed E-state index contributed by atoms with van der Waals surface area (Å²) in [7, 11) is 0. The zero-order valence-electron chi connectivity index (χ0n) is 12.8. The van der Waals surface area contributed by atoms with Crippen LogP contribution in [0.2, 0.25) is 5.02 Å². The van der Waals surface area contributed by atoms with E-state index in [1.807, 2.05) is 24.3 Å². The first-order chi connectivity index (χ1) is 9.97. The smallest absolute Gasteiger partial charge is 0.226 e. The molecule has 1 aliphatic rings. The zero-order chi connectivity index (χ0) is 15.4. The van der Waals surface area contributed by atoms with Crippen molar-refractivity contribution in [2.75, 3.05) is 32.7 Å². The molecular weight excluding hydrogens is 286 g/mol. The largest absolute Gasteiger partial charge is 0.369 e. The van der Waals surface area contributed by atoms with Crippen molar-refractivity contribution >= 4 is 17.5 Å². The summed E-state index contributed by atoms with van der Waals surface area (Å²) >= 11 is 5.90. The van der Waals surface area contributed by atoms with E-state index in [0.29, 0.717) is 17.6 Å². The first-order valence-electron chi connectivity index (χ1n) is 7.48. The lowest BCUT2D eigenvalue weighted by molar-refractivity contribution is -0.120. The van der Waals surface area contributed by atoms with Gasteiger partial charge >= 0.3 is 0 Å². The lowest BCUT2D eigenvalue weighted by Crippen LogP contribution is -2.50. The number of primary amides is 1. The molecule has 0 bridgehead atoms. The first kappa shape index (κ1) is 16.3. The van der Waals surface area contributed by atoms with Gasteiger partial charge in [0.05, 0.1) is 5.92 Å². The molecule has 0 saturated carbocycles. The average molecular weight is 310 g/mol. The number of piperazine rings is 1. The monoisotopic (exact) mass is 309 g/mol. The number of hydrogen-bond donors (Lipinski definition) is 1. The van der Waals surface area contributed by atoms with Gasteiger partial charge in [0.15, 0.2) is 0 Å². The fourth-order valence-corrected chi connectivity index (χ4v) is 2.90. The molecule has 1 atom stereocenters. The van der Waals surface area contributed by atoms with Crippen molar-refractivity contribution in [1.82, 2.24) is 9.80 Å².